The van der Waals surface area contributed by atoms with Gasteiger partial charge in [0.2, 0.25) is 0 Å². The molecule has 4 aromatic rings. The normalized spacial score (nSPS) is 14.6. The van der Waals surface area contributed by atoms with Crippen LogP contribution in [0, 0.1) is 0 Å². The summed E-state index contributed by atoms with van der Waals surface area (Å²) in [5, 5.41) is 15.7. The predicted octanol–water partition coefficient (Wildman–Crippen LogP) is 5.85. The van der Waals surface area contributed by atoms with E-state index in [-0.39, 0.29) is 0 Å². The van der Waals surface area contributed by atoms with Gasteiger partial charge in [-0.25, -0.2) is 0 Å². The van der Waals surface area contributed by atoms with E-state index in [0.29, 0.717) is 11.8 Å². The Balaban J connectivity index is 1.42. The maximum absolute atomic E-state index is 11.7. The van der Waals surface area contributed by atoms with Crippen LogP contribution in [0.1, 0.15) is 39.7 Å². The highest BCUT2D eigenvalue weighted by Gasteiger charge is 2.39. The van der Waals surface area contributed by atoms with Crippen LogP contribution in [0.25, 0.3) is 0 Å². The van der Waals surface area contributed by atoms with E-state index in [1.807, 2.05) is 47.2 Å². The Morgan fingerprint density at radius 2 is 1.55 bits per heavy atom. The van der Waals surface area contributed by atoms with Crippen molar-refractivity contribution in [3.8, 4) is 0 Å². The van der Waals surface area contributed by atoms with Gasteiger partial charge in [-0.3, -0.25) is 4.90 Å². The Kier molecular flexibility index (Phi) is 5.14. The summed E-state index contributed by atoms with van der Waals surface area (Å²) in [6.07, 6.45) is 2.49. The van der Waals surface area contributed by atoms with Gasteiger partial charge in [0, 0.05) is 22.3 Å². The molecule has 0 bridgehead atoms. The van der Waals surface area contributed by atoms with E-state index in [2.05, 4.69) is 35.2 Å². The number of hydrogen-bond acceptors (Lipinski definition) is 5. The summed E-state index contributed by atoms with van der Waals surface area (Å²) >= 11 is 3.10. The quantitative estimate of drug-likeness (QED) is 0.388. The van der Waals surface area contributed by atoms with Gasteiger partial charge in [-0.15, -0.1) is 22.7 Å². The molecule has 0 spiro atoms. The molecular weight excluding hydrogens is 398 g/mol. The molecule has 1 N–H and O–H groups in total. The van der Waals surface area contributed by atoms with Crippen LogP contribution in [0.5, 0.6) is 0 Å². The van der Waals surface area contributed by atoms with Gasteiger partial charge in [-0.2, -0.15) is 0 Å². The van der Waals surface area contributed by atoms with Crippen LogP contribution in [-0.4, -0.2) is 16.0 Å². The molecule has 0 unspecified atom stereocenters. The van der Waals surface area contributed by atoms with Crippen LogP contribution >= 0.6 is 22.7 Å². The highest BCUT2D eigenvalue weighted by atomic mass is 32.1. The molecule has 1 aromatic carbocycles. The molecule has 148 valence electrons. The summed E-state index contributed by atoms with van der Waals surface area (Å²) in [5.41, 5.74) is 0.0876. The van der Waals surface area contributed by atoms with Crippen LogP contribution in [0.4, 0.5) is 0 Å². The lowest BCUT2D eigenvalue weighted by molar-refractivity contribution is 0.102. The topological polar surface area (TPSA) is 36.6 Å². The van der Waals surface area contributed by atoms with Crippen LogP contribution in [0.3, 0.4) is 0 Å². The lowest BCUT2D eigenvalue weighted by Gasteiger charge is -2.24. The fourth-order valence-electron chi connectivity index (χ4n) is 3.76. The zero-order valence-electron chi connectivity index (χ0n) is 16.0. The van der Waals surface area contributed by atoms with E-state index in [9.17, 15) is 5.11 Å². The van der Waals surface area contributed by atoms with Gasteiger partial charge in [0.05, 0.1) is 6.54 Å². The van der Waals surface area contributed by atoms with Crippen LogP contribution < -0.4 is 0 Å². The molecule has 1 aliphatic rings. The van der Waals surface area contributed by atoms with E-state index in [1.54, 1.807) is 22.7 Å². The van der Waals surface area contributed by atoms with Crippen molar-refractivity contribution in [2.75, 3.05) is 0 Å². The summed E-state index contributed by atoms with van der Waals surface area (Å²) in [6, 6.07) is 23.0. The first-order chi connectivity index (χ1) is 14.2. The Hall–Kier alpha value is -2.18. The molecule has 0 amide bonds. The number of furan rings is 1. The molecule has 29 heavy (non-hydrogen) atoms. The highest BCUT2D eigenvalue weighted by Crippen LogP contribution is 2.42. The van der Waals surface area contributed by atoms with Crippen LogP contribution in [-0.2, 0) is 18.7 Å². The molecule has 3 heterocycles. The minimum absolute atomic E-state index is 0.591. The lowest BCUT2D eigenvalue weighted by Crippen LogP contribution is -2.26. The third kappa shape index (κ3) is 3.83. The molecule has 1 fully saturated rings. The fraction of sp³-hybridized carbons (Fsp3) is 0.250. The molecule has 5 rings (SSSR count). The predicted molar refractivity (Wildman–Crippen MR) is 118 cm³/mol. The Morgan fingerprint density at radius 3 is 2.14 bits per heavy atom. The summed E-state index contributed by atoms with van der Waals surface area (Å²) in [4.78, 5) is 4.24. The Morgan fingerprint density at radius 1 is 0.862 bits per heavy atom. The van der Waals surface area contributed by atoms with Crippen molar-refractivity contribution in [3.05, 3.63) is 104 Å². The third-order valence-corrected chi connectivity index (χ3v) is 7.38. The molecular formula is C24H23NO2S2. The molecule has 0 radical (unpaired) electrons. The first-order valence-corrected chi connectivity index (χ1v) is 11.7. The van der Waals surface area contributed by atoms with E-state index in [4.69, 9.17) is 4.42 Å². The summed E-state index contributed by atoms with van der Waals surface area (Å²) in [6.45, 7) is 1.67. The van der Waals surface area contributed by atoms with Crippen LogP contribution in [0.2, 0.25) is 0 Å². The van der Waals surface area contributed by atoms with Gasteiger partial charge in [0.1, 0.15) is 11.5 Å². The number of benzene rings is 1. The maximum Gasteiger partial charge on any atom is 0.191 e. The van der Waals surface area contributed by atoms with Crippen molar-refractivity contribution in [2.45, 2.75) is 37.6 Å². The number of aliphatic hydroxyl groups is 1. The first kappa shape index (κ1) is 18.8. The largest absolute Gasteiger partial charge is 0.461 e. The summed E-state index contributed by atoms with van der Waals surface area (Å²) in [7, 11) is 0. The highest BCUT2D eigenvalue weighted by molar-refractivity contribution is 7.11. The van der Waals surface area contributed by atoms with E-state index in [0.717, 1.165) is 28.6 Å². The van der Waals surface area contributed by atoms with E-state index >= 15 is 0 Å². The second-order valence-corrected chi connectivity index (χ2v) is 9.45. The monoisotopic (exact) mass is 421 g/mol. The van der Waals surface area contributed by atoms with Crippen LogP contribution in [0.15, 0.2) is 81.9 Å². The molecule has 3 nitrogen and oxygen atoms in total. The summed E-state index contributed by atoms with van der Waals surface area (Å²) in [5.74, 6) is 1.49. The number of rotatable bonds is 8. The SMILES string of the molecule is OC(c1ccc(CN(Cc2ccccc2)C2CC2)o1)(c1cccs1)c1cccs1. The third-order valence-electron chi connectivity index (χ3n) is 5.42. The number of thiophene rings is 2. The smallest absolute Gasteiger partial charge is 0.191 e. The van der Waals surface area contributed by atoms with Crippen molar-refractivity contribution in [1.82, 2.24) is 4.90 Å². The average molecular weight is 422 g/mol. The van der Waals surface area contributed by atoms with Gasteiger partial charge >= 0.3 is 0 Å². The maximum atomic E-state index is 11.7. The zero-order chi connectivity index (χ0) is 19.7. The van der Waals surface area contributed by atoms with Crippen molar-refractivity contribution in [2.24, 2.45) is 0 Å². The number of hydrogen-bond donors (Lipinski definition) is 1. The van der Waals surface area contributed by atoms with Gasteiger partial charge in [0.25, 0.3) is 0 Å². The van der Waals surface area contributed by atoms with Gasteiger partial charge in [-0.1, -0.05) is 42.5 Å². The molecule has 0 aliphatic heterocycles. The van der Waals surface area contributed by atoms with E-state index < -0.39 is 5.60 Å². The average Bonchev–Trinajstić information content (AvgIpc) is 3.18. The van der Waals surface area contributed by atoms with Crippen molar-refractivity contribution in [1.29, 1.82) is 0 Å². The first-order valence-electron chi connectivity index (χ1n) is 9.91. The standard InChI is InChI=1S/C24H23NO2S2/c26-24(22-8-4-14-28-22,23-9-5-15-29-23)21-13-12-20(27-21)17-25(19-10-11-19)16-18-6-2-1-3-7-18/h1-9,12-15,19,26H,10-11,16-17H2. The van der Waals surface area contributed by atoms with E-state index in [1.165, 1.54) is 18.4 Å². The summed E-state index contributed by atoms with van der Waals surface area (Å²) < 4.78 is 6.26. The Bertz CT molecular complexity index is 1000. The second kappa shape index (κ2) is 7.92. The molecule has 1 aliphatic carbocycles. The Labute approximate surface area is 178 Å². The molecule has 5 heteroatoms. The minimum Gasteiger partial charge on any atom is -0.461 e. The lowest BCUT2D eigenvalue weighted by atomic mass is 9.97. The molecule has 0 saturated heterocycles. The zero-order valence-corrected chi connectivity index (χ0v) is 17.7. The minimum atomic E-state index is -1.23. The molecule has 1 saturated carbocycles. The van der Waals surface area contributed by atoms with Gasteiger partial charge < -0.3 is 9.52 Å². The van der Waals surface area contributed by atoms with Gasteiger partial charge in [-0.05, 0) is 53.4 Å². The van der Waals surface area contributed by atoms with Crippen molar-refractivity contribution in [3.63, 3.8) is 0 Å². The van der Waals surface area contributed by atoms with Gasteiger partial charge in [0.15, 0.2) is 5.60 Å². The van der Waals surface area contributed by atoms with Crippen molar-refractivity contribution < 1.29 is 9.52 Å². The molecule has 3 aromatic heterocycles. The fourth-order valence-corrected chi connectivity index (χ4v) is 5.51. The number of nitrogens with zero attached hydrogens (tertiary/aromatic N) is 1. The van der Waals surface area contributed by atoms with Crippen molar-refractivity contribution >= 4 is 22.7 Å². The second-order valence-electron chi connectivity index (χ2n) is 7.55. The molecule has 0 atom stereocenters.